The number of anilines is 1. The van der Waals surface area contributed by atoms with E-state index in [1.54, 1.807) is 0 Å². The van der Waals surface area contributed by atoms with Crippen LogP contribution in [0.2, 0.25) is 0 Å². The monoisotopic (exact) mass is 398 g/mol. The number of benzene rings is 2. The Balaban J connectivity index is 1.54. The minimum atomic E-state index is -0.872. The lowest BCUT2D eigenvalue weighted by atomic mass is 10.0. The average Bonchev–Trinajstić information content (AvgIpc) is 3.06. The van der Waals surface area contributed by atoms with Gasteiger partial charge in [-0.2, -0.15) is 0 Å². The summed E-state index contributed by atoms with van der Waals surface area (Å²) in [6, 6.07) is 9.36. The number of nitrogens with one attached hydrogen (secondary N) is 2. The molecular formula is C22H24F2N4O. The van der Waals surface area contributed by atoms with Crippen LogP contribution in [0.3, 0.4) is 0 Å². The summed E-state index contributed by atoms with van der Waals surface area (Å²) in [5.41, 5.74) is 10.6. The Labute approximate surface area is 168 Å². The van der Waals surface area contributed by atoms with Gasteiger partial charge in [0, 0.05) is 17.9 Å². The van der Waals surface area contributed by atoms with Crippen LogP contribution in [0.5, 0.6) is 0 Å². The van der Waals surface area contributed by atoms with Crippen LogP contribution in [0.25, 0.3) is 5.57 Å². The molecular weight excluding hydrogens is 374 g/mol. The summed E-state index contributed by atoms with van der Waals surface area (Å²) >= 11 is 0. The van der Waals surface area contributed by atoms with Crippen LogP contribution in [-0.4, -0.2) is 24.3 Å². The van der Waals surface area contributed by atoms with Gasteiger partial charge in [-0.1, -0.05) is 12.1 Å². The number of amides is 1. The van der Waals surface area contributed by atoms with Gasteiger partial charge in [-0.05, 0) is 66.8 Å². The summed E-state index contributed by atoms with van der Waals surface area (Å²) in [5.74, 6) is -1.03. The van der Waals surface area contributed by atoms with E-state index < -0.39 is 11.6 Å². The van der Waals surface area contributed by atoms with E-state index in [4.69, 9.17) is 5.73 Å². The van der Waals surface area contributed by atoms with Gasteiger partial charge >= 0.3 is 0 Å². The Kier molecular flexibility index (Phi) is 6.39. The largest absolute Gasteiger partial charge is 0.350 e. The van der Waals surface area contributed by atoms with Crippen molar-refractivity contribution in [3.05, 3.63) is 70.9 Å². The van der Waals surface area contributed by atoms with Gasteiger partial charge in [-0.3, -0.25) is 9.79 Å². The summed E-state index contributed by atoms with van der Waals surface area (Å²) in [5, 5.41) is 5.95. The number of amidine groups is 1. The number of rotatable bonds is 6. The Morgan fingerprint density at radius 2 is 2.03 bits per heavy atom. The minimum absolute atomic E-state index is 0.0135. The highest BCUT2D eigenvalue weighted by Gasteiger charge is 2.17. The summed E-state index contributed by atoms with van der Waals surface area (Å²) in [7, 11) is 0. The normalized spacial score (nSPS) is 15.1. The number of halogens is 2. The maximum Gasteiger partial charge on any atom is 0.228 e. The molecule has 0 radical (unpaired) electrons. The molecule has 2 aromatic carbocycles. The number of hydrogen-bond acceptors (Lipinski definition) is 3. The Bertz CT molecular complexity index is 985. The van der Waals surface area contributed by atoms with Crippen LogP contribution < -0.4 is 16.4 Å². The molecule has 0 aromatic heterocycles. The molecule has 2 aromatic rings. The fraction of sp³-hybridized carbons (Fsp3) is 0.273. The van der Waals surface area contributed by atoms with Gasteiger partial charge < -0.3 is 16.4 Å². The molecule has 0 fully saturated rings. The van der Waals surface area contributed by atoms with Crippen LogP contribution in [0.15, 0.2) is 47.6 Å². The third-order valence-electron chi connectivity index (χ3n) is 4.73. The molecule has 4 N–H and O–H groups in total. The highest BCUT2D eigenvalue weighted by atomic mass is 19.2. The zero-order valence-electron chi connectivity index (χ0n) is 16.4. The number of hydrogen-bond donors (Lipinski definition) is 3. The SMILES string of the molecule is CC(=NC[C@@H](N)Cc1ccc(F)c(F)c1)N/C=C(\C)c1ccc2c(c1)CC(=O)N2. The molecule has 3 rings (SSSR count). The van der Waals surface area contributed by atoms with Crippen molar-refractivity contribution in [3.8, 4) is 0 Å². The molecule has 7 heteroatoms. The van der Waals surface area contributed by atoms with Crippen molar-refractivity contribution in [1.29, 1.82) is 0 Å². The van der Waals surface area contributed by atoms with E-state index in [0.717, 1.165) is 34.5 Å². The fourth-order valence-corrected chi connectivity index (χ4v) is 3.10. The van der Waals surface area contributed by atoms with Gasteiger partial charge in [0.1, 0.15) is 0 Å². The quantitative estimate of drug-likeness (QED) is 0.515. The summed E-state index contributed by atoms with van der Waals surface area (Å²) in [4.78, 5) is 15.9. The highest BCUT2D eigenvalue weighted by molar-refractivity contribution is 5.99. The van der Waals surface area contributed by atoms with E-state index in [-0.39, 0.29) is 11.9 Å². The maximum atomic E-state index is 13.3. The third-order valence-corrected chi connectivity index (χ3v) is 4.73. The molecule has 0 unspecified atom stereocenters. The van der Waals surface area contributed by atoms with Crippen molar-refractivity contribution in [2.75, 3.05) is 11.9 Å². The molecule has 152 valence electrons. The second-order valence-electron chi connectivity index (χ2n) is 7.21. The van der Waals surface area contributed by atoms with E-state index in [9.17, 15) is 13.6 Å². The molecule has 5 nitrogen and oxygen atoms in total. The topological polar surface area (TPSA) is 79.5 Å². The number of nitrogens with two attached hydrogens (primary N) is 1. The first kappa shape index (κ1) is 20.7. The molecule has 1 amide bonds. The third kappa shape index (κ3) is 5.48. The Hall–Kier alpha value is -3.06. The molecule has 1 atom stereocenters. The first-order valence-electron chi connectivity index (χ1n) is 9.39. The number of carbonyl (C=O) groups excluding carboxylic acids is 1. The van der Waals surface area contributed by atoms with Crippen molar-refractivity contribution >= 4 is 23.0 Å². The van der Waals surface area contributed by atoms with Crippen molar-refractivity contribution < 1.29 is 13.6 Å². The number of carbonyl (C=O) groups is 1. The standard InChI is InChI=1S/C22H24F2N4O/c1-13(16-4-6-21-17(9-16)10-22(29)28-21)11-26-14(2)27-12-18(25)7-15-3-5-19(23)20(24)8-15/h3-6,8-9,11,18H,7,10,12,25H2,1-2H3,(H,26,27)(H,28,29)/b13-11+/t18-/m0/s1. The lowest BCUT2D eigenvalue weighted by Crippen LogP contribution is -2.28. The van der Waals surface area contributed by atoms with Crippen molar-refractivity contribution in [3.63, 3.8) is 0 Å². The predicted octanol–water partition coefficient (Wildman–Crippen LogP) is 3.40. The summed E-state index contributed by atoms with van der Waals surface area (Å²) < 4.78 is 26.3. The van der Waals surface area contributed by atoms with Gasteiger partial charge in [0.05, 0.1) is 18.8 Å². The summed E-state index contributed by atoms with van der Waals surface area (Å²) in [6.07, 6.45) is 2.66. The van der Waals surface area contributed by atoms with Gasteiger partial charge in [0.15, 0.2) is 11.6 Å². The Morgan fingerprint density at radius 3 is 2.79 bits per heavy atom. The molecule has 0 bridgehead atoms. The predicted molar refractivity (Wildman–Crippen MR) is 112 cm³/mol. The number of allylic oxidation sites excluding steroid dienone is 1. The van der Waals surface area contributed by atoms with Gasteiger partial charge in [-0.25, -0.2) is 8.78 Å². The lowest BCUT2D eigenvalue weighted by Gasteiger charge is -2.10. The van der Waals surface area contributed by atoms with Crippen LogP contribution in [-0.2, 0) is 17.6 Å². The molecule has 29 heavy (non-hydrogen) atoms. The molecule has 0 aliphatic carbocycles. The lowest BCUT2D eigenvalue weighted by molar-refractivity contribution is -0.115. The first-order chi connectivity index (χ1) is 13.8. The molecule has 0 saturated heterocycles. The van der Waals surface area contributed by atoms with E-state index in [2.05, 4.69) is 15.6 Å². The number of fused-ring (bicyclic) bond motifs is 1. The molecule has 1 heterocycles. The van der Waals surface area contributed by atoms with Gasteiger partial charge in [-0.15, -0.1) is 0 Å². The van der Waals surface area contributed by atoms with Crippen LogP contribution in [0.1, 0.15) is 30.5 Å². The van der Waals surface area contributed by atoms with Gasteiger partial charge in [0.25, 0.3) is 0 Å². The van der Waals surface area contributed by atoms with Crippen molar-refractivity contribution in [1.82, 2.24) is 5.32 Å². The molecule has 1 aliphatic rings. The fourth-order valence-electron chi connectivity index (χ4n) is 3.10. The van der Waals surface area contributed by atoms with Crippen molar-refractivity contribution in [2.24, 2.45) is 10.7 Å². The van der Waals surface area contributed by atoms with Gasteiger partial charge in [0.2, 0.25) is 5.91 Å². The Morgan fingerprint density at radius 1 is 1.24 bits per heavy atom. The van der Waals surface area contributed by atoms with Crippen molar-refractivity contribution in [2.45, 2.75) is 32.7 Å². The second-order valence-corrected chi connectivity index (χ2v) is 7.21. The van der Waals surface area contributed by atoms with E-state index in [1.807, 2.05) is 38.2 Å². The first-order valence-corrected chi connectivity index (χ1v) is 9.39. The smallest absolute Gasteiger partial charge is 0.228 e. The van der Waals surface area contributed by atoms with E-state index >= 15 is 0 Å². The highest BCUT2D eigenvalue weighted by Crippen LogP contribution is 2.26. The van der Waals surface area contributed by atoms with E-state index in [1.165, 1.54) is 6.07 Å². The zero-order chi connectivity index (χ0) is 21.0. The summed E-state index contributed by atoms with van der Waals surface area (Å²) in [6.45, 7) is 4.16. The minimum Gasteiger partial charge on any atom is -0.350 e. The van der Waals surface area contributed by atoms with E-state index in [0.29, 0.717) is 30.8 Å². The van der Waals surface area contributed by atoms with Crippen LogP contribution in [0, 0.1) is 11.6 Å². The number of nitrogens with zero attached hydrogens (tertiary/aromatic N) is 1. The molecule has 0 saturated carbocycles. The average molecular weight is 398 g/mol. The van der Waals surface area contributed by atoms with Crippen LogP contribution >= 0.6 is 0 Å². The zero-order valence-corrected chi connectivity index (χ0v) is 16.4. The number of aliphatic imine (C=N–C) groups is 1. The molecule has 1 aliphatic heterocycles. The second kappa shape index (κ2) is 8.96. The molecule has 0 spiro atoms. The van der Waals surface area contributed by atoms with Crippen LogP contribution in [0.4, 0.5) is 14.5 Å². The maximum absolute atomic E-state index is 13.3.